The minimum Gasteiger partial charge on any atom is -0.465 e. The Balaban J connectivity index is 2.05. The van der Waals surface area contributed by atoms with E-state index in [-0.39, 0.29) is 5.54 Å². The monoisotopic (exact) mass is 149 g/mol. The minimum absolute atomic E-state index is 0.0210. The van der Waals surface area contributed by atoms with E-state index in [1.165, 1.54) is 0 Å². The lowest BCUT2D eigenvalue weighted by atomic mass is 10.2. The molecule has 1 heterocycles. The zero-order valence-electron chi connectivity index (χ0n) is 6.29. The lowest BCUT2D eigenvalue weighted by Gasteiger charge is -1.96. The summed E-state index contributed by atoms with van der Waals surface area (Å²) in [6, 6.07) is 3.79. The summed E-state index contributed by atoms with van der Waals surface area (Å²) >= 11 is 0. The summed E-state index contributed by atoms with van der Waals surface area (Å²) in [6.07, 6.45) is 7.82. The lowest BCUT2D eigenvalue weighted by molar-refractivity contribution is 0.556. The number of hydrogen-bond donors (Lipinski definition) is 1. The van der Waals surface area contributed by atoms with Crippen molar-refractivity contribution in [2.75, 3.05) is 0 Å². The van der Waals surface area contributed by atoms with Gasteiger partial charge in [0, 0.05) is 5.54 Å². The molecule has 0 unspecified atom stereocenters. The number of furan rings is 1. The third-order valence-corrected chi connectivity index (χ3v) is 1.95. The molecule has 0 atom stereocenters. The third kappa shape index (κ3) is 1.52. The van der Waals surface area contributed by atoms with E-state index >= 15 is 0 Å². The van der Waals surface area contributed by atoms with Gasteiger partial charge in [0.25, 0.3) is 0 Å². The van der Waals surface area contributed by atoms with Gasteiger partial charge in [0.05, 0.1) is 6.26 Å². The molecule has 0 amide bonds. The van der Waals surface area contributed by atoms with Gasteiger partial charge in [-0.1, -0.05) is 6.08 Å². The molecular weight excluding hydrogens is 138 g/mol. The maximum Gasteiger partial charge on any atom is 0.126 e. The Morgan fingerprint density at radius 3 is 2.91 bits per heavy atom. The summed E-state index contributed by atoms with van der Waals surface area (Å²) in [5.41, 5.74) is 5.81. The van der Waals surface area contributed by atoms with Crippen molar-refractivity contribution in [1.82, 2.24) is 0 Å². The second-order valence-corrected chi connectivity index (χ2v) is 3.08. The van der Waals surface area contributed by atoms with E-state index < -0.39 is 0 Å². The standard InChI is InChI=1S/C9H11NO/c10-9(5-6-9)4-3-8-2-1-7-11-8/h1-4,7H,5-6,10H2. The Kier molecular flexibility index (Phi) is 1.36. The molecule has 0 saturated heterocycles. The molecule has 11 heavy (non-hydrogen) atoms. The summed E-state index contributed by atoms with van der Waals surface area (Å²) in [4.78, 5) is 0. The largest absolute Gasteiger partial charge is 0.465 e. The van der Waals surface area contributed by atoms with Gasteiger partial charge in [-0.15, -0.1) is 0 Å². The van der Waals surface area contributed by atoms with Gasteiger partial charge in [-0.05, 0) is 31.1 Å². The average Bonchev–Trinajstić information content (AvgIpc) is 2.53. The Morgan fingerprint density at radius 1 is 1.55 bits per heavy atom. The lowest BCUT2D eigenvalue weighted by Crippen LogP contribution is -2.17. The van der Waals surface area contributed by atoms with Crippen molar-refractivity contribution in [2.45, 2.75) is 18.4 Å². The fraction of sp³-hybridized carbons (Fsp3) is 0.333. The van der Waals surface area contributed by atoms with Crippen molar-refractivity contribution in [3.63, 3.8) is 0 Å². The predicted molar refractivity (Wildman–Crippen MR) is 43.9 cm³/mol. The zero-order valence-corrected chi connectivity index (χ0v) is 6.29. The number of nitrogens with two attached hydrogens (primary N) is 1. The van der Waals surface area contributed by atoms with E-state index in [1.54, 1.807) is 6.26 Å². The summed E-state index contributed by atoms with van der Waals surface area (Å²) < 4.78 is 5.11. The van der Waals surface area contributed by atoms with Crippen LogP contribution < -0.4 is 5.73 Å². The molecule has 1 aliphatic carbocycles. The van der Waals surface area contributed by atoms with Gasteiger partial charge in [-0.3, -0.25) is 0 Å². The molecule has 1 saturated carbocycles. The van der Waals surface area contributed by atoms with Crippen LogP contribution >= 0.6 is 0 Å². The molecular formula is C9H11NO. The van der Waals surface area contributed by atoms with E-state index in [9.17, 15) is 0 Å². The molecule has 2 nitrogen and oxygen atoms in total. The fourth-order valence-electron chi connectivity index (χ4n) is 0.945. The van der Waals surface area contributed by atoms with Crippen LogP contribution in [0.25, 0.3) is 6.08 Å². The highest BCUT2D eigenvalue weighted by Gasteiger charge is 2.34. The number of rotatable bonds is 2. The van der Waals surface area contributed by atoms with Crippen molar-refractivity contribution in [3.05, 3.63) is 30.2 Å². The first-order chi connectivity index (χ1) is 5.29. The summed E-state index contributed by atoms with van der Waals surface area (Å²) in [7, 11) is 0. The highest BCUT2D eigenvalue weighted by molar-refractivity contribution is 5.46. The third-order valence-electron chi connectivity index (χ3n) is 1.95. The molecule has 1 aliphatic rings. The Bertz CT molecular complexity index is 257. The van der Waals surface area contributed by atoms with Crippen LogP contribution in [0.3, 0.4) is 0 Å². The Morgan fingerprint density at radius 2 is 2.36 bits per heavy atom. The minimum atomic E-state index is -0.0210. The molecule has 1 fully saturated rings. The van der Waals surface area contributed by atoms with Gasteiger partial charge in [0.1, 0.15) is 5.76 Å². The average molecular weight is 149 g/mol. The molecule has 0 spiro atoms. The molecule has 0 radical (unpaired) electrons. The fourth-order valence-corrected chi connectivity index (χ4v) is 0.945. The van der Waals surface area contributed by atoms with Gasteiger partial charge < -0.3 is 10.2 Å². The molecule has 58 valence electrons. The topological polar surface area (TPSA) is 39.2 Å². The summed E-state index contributed by atoms with van der Waals surface area (Å²) in [5, 5.41) is 0. The van der Waals surface area contributed by atoms with Gasteiger partial charge >= 0.3 is 0 Å². The summed E-state index contributed by atoms with van der Waals surface area (Å²) in [6.45, 7) is 0. The van der Waals surface area contributed by atoms with Gasteiger partial charge in [-0.25, -0.2) is 0 Å². The van der Waals surface area contributed by atoms with E-state index in [0.717, 1.165) is 18.6 Å². The van der Waals surface area contributed by atoms with Crippen molar-refractivity contribution in [1.29, 1.82) is 0 Å². The van der Waals surface area contributed by atoms with Gasteiger partial charge in [-0.2, -0.15) is 0 Å². The quantitative estimate of drug-likeness (QED) is 0.696. The first-order valence-corrected chi connectivity index (χ1v) is 3.80. The van der Waals surface area contributed by atoms with Gasteiger partial charge in [0.15, 0.2) is 0 Å². The van der Waals surface area contributed by atoms with E-state index in [0.29, 0.717) is 0 Å². The van der Waals surface area contributed by atoms with Crippen LogP contribution in [0.1, 0.15) is 18.6 Å². The second kappa shape index (κ2) is 2.24. The smallest absolute Gasteiger partial charge is 0.126 e. The maximum atomic E-state index is 5.83. The maximum absolute atomic E-state index is 5.83. The molecule has 1 aromatic heterocycles. The van der Waals surface area contributed by atoms with E-state index in [1.807, 2.05) is 24.3 Å². The van der Waals surface area contributed by atoms with Crippen molar-refractivity contribution in [2.24, 2.45) is 5.73 Å². The zero-order chi connectivity index (χ0) is 7.73. The van der Waals surface area contributed by atoms with Crippen LogP contribution in [0.2, 0.25) is 0 Å². The van der Waals surface area contributed by atoms with E-state index in [2.05, 4.69) is 0 Å². The molecule has 1 aromatic rings. The normalized spacial score (nSPS) is 20.8. The molecule has 0 aliphatic heterocycles. The van der Waals surface area contributed by atoms with Crippen LogP contribution in [0.4, 0.5) is 0 Å². The van der Waals surface area contributed by atoms with Crippen molar-refractivity contribution < 1.29 is 4.42 Å². The van der Waals surface area contributed by atoms with Crippen LogP contribution in [0.15, 0.2) is 28.9 Å². The molecule has 2 rings (SSSR count). The predicted octanol–water partition coefficient (Wildman–Crippen LogP) is 1.78. The van der Waals surface area contributed by atoms with Crippen LogP contribution in [-0.4, -0.2) is 5.54 Å². The highest BCUT2D eigenvalue weighted by atomic mass is 16.3. The van der Waals surface area contributed by atoms with Gasteiger partial charge in [0.2, 0.25) is 0 Å². The van der Waals surface area contributed by atoms with Crippen LogP contribution in [0.5, 0.6) is 0 Å². The van der Waals surface area contributed by atoms with Crippen molar-refractivity contribution >= 4 is 6.08 Å². The van der Waals surface area contributed by atoms with E-state index in [4.69, 9.17) is 10.2 Å². The molecule has 2 heteroatoms. The first-order valence-electron chi connectivity index (χ1n) is 3.80. The SMILES string of the molecule is NC1(C=Cc2ccco2)CC1. The Hall–Kier alpha value is -1.02. The van der Waals surface area contributed by atoms with Crippen molar-refractivity contribution in [3.8, 4) is 0 Å². The molecule has 0 aromatic carbocycles. The molecule has 2 N–H and O–H groups in total. The Labute approximate surface area is 65.7 Å². The van der Waals surface area contributed by atoms with Crippen LogP contribution in [-0.2, 0) is 0 Å². The molecule has 0 bridgehead atoms. The number of hydrogen-bond acceptors (Lipinski definition) is 2. The first kappa shape index (κ1) is 6.68. The summed E-state index contributed by atoms with van der Waals surface area (Å²) in [5.74, 6) is 0.877. The second-order valence-electron chi connectivity index (χ2n) is 3.08. The highest BCUT2D eigenvalue weighted by Crippen LogP contribution is 2.33. The van der Waals surface area contributed by atoms with Crippen LogP contribution in [0, 0.1) is 0 Å².